The van der Waals surface area contributed by atoms with Gasteiger partial charge in [0.1, 0.15) is 0 Å². The molecule has 3 N–H and O–H groups in total. The van der Waals surface area contributed by atoms with Crippen molar-refractivity contribution in [1.82, 2.24) is 20.8 Å². The number of carbonyl (C=O) groups excluding carboxylic acids is 1. The van der Waals surface area contributed by atoms with Gasteiger partial charge in [-0.05, 0) is 24.7 Å². The summed E-state index contributed by atoms with van der Waals surface area (Å²) in [5.41, 5.74) is 0. The highest BCUT2D eigenvalue weighted by atomic mass is 16.5. The van der Waals surface area contributed by atoms with E-state index in [1.165, 1.54) is 6.39 Å². The van der Waals surface area contributed by atoms with Crippen molar-refractivity contribution in [3.05, 3.63) is 12.2 Å². The molecule has 0 fully saturated rings. The molecule has 1 heterocycles. The lowest BCUT2D eigenvalue weighted by Gasteiger charge is -2.20. The molecule has 1 aromatic rings. The van der Waals surface area contributed by atoms with E-state index in [4.69, 9.17) is 5.11 Å². The Balaban J connectivity index is 2.20. The number of carbonyl (C=O) groups is 2. The Morgan fingerprint density at radius 1 is 1.33 bits per heavy atom. The molecule has 1 aromatic heterocycles. The van der Waals surface area contributed by atoms with Crippen molar-refractivity contribution >= 4 is 12.0 Å². The van der Waals surface area contributed by atoms with Gasteiger partial charge in [0, 0.05) is 13.0 Å². The maximum absolute atomic E-state index is 11.6. The second-order valence-electron chi connectivity index (χ2n) is 5.18. The lowest BCUT2D eigenvalue weighted by Crippen LogP contribution is -2.36. The standard InChI is InChI=1S/C13H22N4O4/c1-9(2)10(3-4-12(18)19)5-6-14-13(20)15-7-11-16-8-21-17-11/h8-10H,3-7H2,1-2H3,(H,18,19)(H2,14,15,20). The molecule has 1 atom stereocenters. The average molecular weight is 298 g/mol. The van der Waals surface area contributed by atoms with Crippen LogP contribution in [0.4, 0.5) is 4.79 Å². The number of nitrogens with one attached hydrogen (secondary N) is 2. The number of urea groups is 1. The van der Waals surface area contributed by atoms with E-state index >= 15 is 0 Å². The van der Waals surface area contributed by atoms with Gasteiger partial charge in [-0.25, -0.2) is 4.79 Å². The van der Waals surface area contributed by atoms with Gasteiger partial charge >= 0.3 is 12.0 Å². The number of carboxylic acid groups (broad SMARTS) is 1. The van der Waals surface area contributed by atoms with E-state index in [1.54, 1.807) is 0 Å². The average Bonchev–Trinajstić information content (AvgIpc) is 2.92. The van der Waals surface area contributed by atoms with E-state index < -0.39 is 5.97 Å². The molecule has 8 heteroatoms. The first-order chi connectivity index (χ1) is 9.99. The van der Waals surface area contributed by atoms with Crippen LogP contribution >= 0.6 is 0 Å². The van der Waals surface area contributed by atoms with Crippen LogP contribution in [0.2, 0.25) is 0 Å². The van der Waals surface area contributed by atoms with Gasteiger partial charge in [0.25, 0.3) is 0 Å². The second-order valence-corrected chi connectivity index (χ2v) is 5.18. The van der Waals surface area contributed by atoms with Crippen LogP contribution in [0.25, 0.3) is 0 Å². The van der Waals surface area contributed by atoms with Crippen LogP contribution in [-0.4, -0.2) is 33.8 Å². The smallest absolute Gasteiger partial charge is 0.315 e. The van der Waals surface area contributed by atoms with Crippen LogP contribution in [0.1, 0.15) is 38.9 Å². The second kappa shape index (κ2) is 8.93. The van der Waals surface area contributed by atoms with Crippen molar-refractivity contribution in [3.63, 3.8) is 0 Å². The summed E-state index contributed by atoms with van der Waals surface area (Å²) in [7, 11) is 0. The molecule has 0 aliphatic rings. The molecule has 21 heavy (non-hydrogen) atoms. The van der Waals surface area contributed by atoms with Crippen LogP contribution < -0.4 is 10.6 Å². The number of carboxylic acids is 1. The van der Waals surface area contributed by atoms with Crippen molar-refractivity contribution in [1.29, 1.82) is 0 Å². The van der Waals surface area contributed by atoms with Gasteiger partial charge in [-0.3, -0.25) is 4.79 Å². The number of aromatic nitrogens is 2. The number of hydrogen-bond donors (Lipinski definition) is 3. The van der Waals surface area contributed by atoms with E-state index in [0.29, 0.717) is 24.7 Å². The molecule has 118 valence electrons. The third-order valence-corrected chi connectivity index (χ3v) is 3.29. The van der Waals surface area contributed by atoms with Crippen LogP contribution in [0.5, 0.6) is 0 Å². The first-order valence-corrected chi connectivity index (χ1v) is 6.97. The van der Waals surface area contributed by atoms with Gasteiger partial charge in [0.05, 0.1) is 6.54 Å². The summed E-state index contributed by atoms with van der Waals surface area (Å²) in [6.07, 6.45) is 2.73. The third-order valence-electron chi connectivity index (χ3n) is 3.29. The SMILES string of the molecule is CC(C)C(CCNC(=O)NCc1ncon1)CCC(=O)O. The third kappa shape index (κ3) is 7.28. The Bertz CT molecular complexity index is 433. The minimum atomic E-state index is -0.786. The molecule has 1 rings (SSSR count). The van der Waals surface area contributed by atoms with Gasteiger partial charge in [0.15, 0.2) is 5.82 Å². The fraction of sp³-hybridized carbons (Fsp3) is 0.692. The zero-order chi connectivity index (χ0) is 15.7. The molecule has 0 saturated carbocycles. The fourth-order valence-corrected chi connectivity index (χ4v) is 1.98. The predicted molar refractivity (Wildman–Crippen MR) is 74.4 cm³/mol. The molecule has 0 radical (unpaired) electrons. The maximum atomic E-state index is 11.6. The molecular formula is C13H22N4O4. The molecule has 0 aliphatic heterocycles. The van der Waals surface area contributed by atoms with E-state index in [9.17, 15) is 9.59 Å². The summed E-state index contributed by atoms with van der Waals surface area (Å²) in [5, 5.41) is 17.6. The zero-order valence-corrected chi connectivity index (χ0v) is 12.3. The van der Waals surface area contributed by atoms with Crippen LogP contribution in [0, 0.1) is 11.8 Å². The van der Waals surface area contributed by atoms with Crippen LogP contribution in [0.3, 0.4) is 0 Å². The van der Waals surface area contributed by atoms with Crippen molar-refractivity contribution in [2.24, 2.45) is 11.8 Å². The summed E-state index contributed by atoms with van der Waals surface area (Å²) >= 11 is 0. The molecule has 8 nitrogen and oxygen atoms in total. The van der Waals surface area contributed by atoms with E-state index in [2.05, 4.69) is 39.1 Å². The van der Waals surface area contributed by atoms with Crippen LogP contribution in [0.15, 0.2) is 10.9 Å². The van der Waals surface area contributed by atoms with Gasteiger partial charge in [-0.15, -0.1) is 0 Å². The minimum absolute atomic E-state index is 0.160. The molecule has 0 aromatic carbocycles. The quantitative estimate of drug-likeness (QED) is 0.634. The first-order valence-electron chi connectivity index (χ1n) is 6.97. The molecule has 0 aliphatic carbocycles. The predicted octanol–water partition coefficient (Wildman–Crippen LogP) is 1.40. The Hall–Kier alpha value is -2.12. The number of rotatable bonds is 9. The largest absolute Gasteiger partial charge is 0.481 e. The number of aliphatic carboxylic acids is 1. The highest BCUT2D eigenvalue weighted by Crippen LogP contribution is 2.20. The summed E-state index contributed by atoms with van der Waals surface area (Å²) in [6, 6.07) is -0.305. The minimum Gasteiger partial charge on any atom is -0.481 e. The lowest BCUT2D eigenvalue weighted by molar-refractivity contribution is -0.137. The number of hydrogen-bond acceptors (Lipinski definition) is 5. The van der Waals surface area contributed by atoms with Crippen molar-refractivity contribution < 1.29 is 19.2 Å². The molecular weight excluding hydrogens is 276 g/mol. The van der Waals surface area contributed by atoms with E-state index in [-0.39, 0.29) is 24.9 Å². The van der Waals surface area contributed by atoms with Gasteiger partial charge in [-0.1, -0.05) is 19.0 Å². The highest BCUT2D eigenvalue weighted by molar-refractivity contribution is 5.73. The van der Waals surface area contributed by atoms with Crippen molar-refractivity contribution in [2.45, 2.75) is 39.7 Å². The molecule has 0 bridgehead atoms. The van der Waals surface area contributed by atoms with Crippen LogP contribution in [-0.2, 0) is 11.3 Å². The first kappa shape index (κ1) is 16.9. The van der Waals surface area contributed by atoms with E-state index in [0.717, 1.165) is 6.42 Å². The van der Waals surface area contributed by atoms with Gasteiger partial charge in [0.2, 0.25) is 6.39 Å². The topological polar surface area (TPSA) is 117 Å². The number of amides is 2. The fourth-order valence-electron chi connectivity index (χ4n) is 1.98. The summed E-state index contributed by atoms with van der Waals surface area (Å²) in [5.74, 6) is 0.283. The zero-order valence-electron chi connectivity index (χ0n) is 12.3. The summed E-state index contributed by atoms with van der Waals surface area (Å²) < 4.78 is 4.55. The Kier molecular flexibility index (Phi) is 7.20. The molecule has 0 saturated heterocycles. The Labute approximate surface area is 123 Å². The van der Waals surface area contributed by atoms with E-state index in [1.807, 2.05) is 0 Å². The number of nitrogens with zero attached hydrogens (tertiary/aromatic N) is 2. The Morgan fingerprint density at radius 2 is 2.10 bits per heavy atom. The van der Waals surface area contributed by atoms with Gasteiger partial charge < -0.3 is 20.3 Å². The van der Waals surface area contributed by atoms with Crippen molar-refractivity contribution in [2.75, 3.05) is 6.54 Å². The summed E-state index contributed by atoms with van der Waals surface area (Å²) in [4.78, 5) is 25.9. The summed E-state index contributed by atoms with van der Waals surface area (Å²) in [6.45, 7) is 4.82. The normalized spacial score (nSPS) is 12.1. The monoisotopic (exact) mass is 298 g/mol. The lowest BCUT2D eigenvalue weighted by atomic mass is 9.88. The molecule has 0 spiro atoms. The van der Waals surface area contributed by atoms with Crippen molar-refractivity contribution in [3.8, 4) is 0 Å². The maximum Gasteiger partial charge on any atom is 0.315 e. The van der Waals surface area contributed by atoms with Gasteiger partial charge in [-0.2, -0.15) is 4.98 Å². The molecule has 1 unspecified atom stereocenters. The Morgan fingerprint density at radius 3 is 2.67 bits per heavy atom. The highest BCUT2D eigenvalue weighted by Gasteiger charge is 2.15. The molecule has 2 amide bonds.